The molecule has 0 aliphatic heterocycles. The summed E-state index contributed by atoms with van der Waals surface area (Å²) < 4.78 is 0. The van der Waals surface area contributed by atoms with E-state index in [4.69, 9.17) is 11.6 Å². The van der Waals surface area contributed by atoms with Crippen LogP contribution in [0.1, 0.15) is 49.1 Å². The summed E-state index contributed by atoms with van der Waals surface area (Å²) in [6.45, 7) is 2.14. The van der Waals surface area contributed by atoms with Crippen LogP contribution in [0.4, 0.5) is 0 Å². The molecule has 0 saturated heterocycles. The molecule has 0 N–H and O–H groups in total. The van der Waals surface area contributed by atoms with Crippen molar-refractivity contribution in [1.82, 2.24) is 0 Å². The molecule has 2 aromatic carbocycles. The summed E-state index contributed by atoms with van der Waals surface area (Å²) >= 11 is 6.46. The van der Waals surface area contributed by atoms with Crippen molar-refractivity contribution < 1.29 is 0 Å². The normalized spacial score (nSPS) is 16.3. The van der Waals surface area contributed by atoms with Gasteiger partial charge < -0.3 is 0 Å². The van der Waals surface area contributed by atoms with Gasteiger partial charge in [0.15, 0.2) is 0 Å². The Labute approximate surface area is 126 Å². The molecule has 0 nitrogen and oxygen atoms in total. The van der Waals surface area contributed by atoms with E-state index in [0.29, 0.717) is 5.92 Å². The average Bonchev–Trinajstić information content (AvgIpc) is 2.48. The molecule has 2 aromatic rings. The highest BCUT2D eigenvalue weighted by molar-refractivity contribution is 6.33. The summed E-state index contributed by atoms with van der Waals surface area (Å²) in [6.07, 6.45) is 6.64. The third-order valence-electron chi connectivity index (χ3n) is 4.39. The van der Waals surface area contributed by atoms with Crippen molar-refractivity contribution in [2.24, 2.45) is 0 Å². The third-order valence-corrected chi connectivity index (χ3v) is 4.71. The minimum atomic E-state index is 0.649. The number of benzene rings is 2. The van der Waals surface area contributed by atoms with Crippen LogP contribution in [0.15, 0.2) is 36.4 Å². The number of rotatable bonds is 2. The van der Waals surface area contributed by atoms with Gasteiger partial charge in [-0.2, -0.15) is 0 Å². The Morgan fingerprint density at radius 1 is 1.05 bits per heavy atom. The molecule has 1 radical (unpaired) electrons. The molecule has 1 fully saturated rings. The molecule has 0 atom stereocenters. The van der Waals surface area contributed by atoms with Gasteiger partial charge in [0.25, 0.3) is 0 Å². The molecule has 0 bridgehead atoms. The molecular weight excluding hydrogens is 264 g/mol. The molecule has 0 amide bonds. The molecule has 1 aliphatic rings. The van der Waals surface area contributed by atoms with Gasteiger partial charge in [-0.3, -0.25) is 0 Å². The predicted octanol–water partition coefficient (Wildman–Crippen LogP) is 6.16. The van der Waals surface area contributed by atoms with Crippen LogP contribution in [-0.2, 0) is 0 Å². The van der Waals surface area contributed by atoms with Crippen LogP contribution in [0, 0.1) is 13.0 Å². The minimum absolute atomic E-state index is 0.649. The van der Waals surface area contributed by atoms with Crippen LogP contribution >= 0.6 is 11.6 Å². The molecule has 20 heavy (non-hydrogen) atoms. The van der Waals surface area contributed by atoms with Gasteiger partial charge in [0.05, 0.1) is 0 Å². The van der Waals surface area contributed by atoms with Crippen molar-refractivity contribution >= 4 is 11.6 Å². The van der Waals surface area contributed by atoms with E-state index in [9.17, 15) is 0 Å². The van der Waals surface area contributed by atoms with Gasteiger partial charge >= 0.3 is 0 Å². The lowest BCUT2D eigenvalue weighted by Crippen LogP contribution is -2.06. The summed E-state index contributed by atoms with van der Waals surface area (Å²) in [7, 11) is 0. The van der Waals surface area contributed by atoms with Crippen molar-refractivity contribution in [2.75, 3.05) is 0 Å². The van der Waals surface area contributed by atoms with Crippen molar-refractivity contribution in [3.8, 4) is 11.1 Å². The molecule has 1 heteroatoms. The number of halogens is 1. The van der Waals surface area contributed by atoms with E-state index in [-0.39, 0.29) is 0 Å². The van der Waals surface area contributed by atoms with Gasteiger partial charge in [0, 0.05) is 10.6 Å². The lowest BCUT2D eigenvalue weighted by molar-refractivity contribution is 0.444. The number of hydrogen-bond acceptors (Lipinski definition) is 0. The van der Waals surface area contributed by atoms with Crippen LogP contribution in [0.2, 0.25) is 5.02 Å². The van der Waals surface area contributed by atoms with E-state index < -0.39 is 0 Å². The van der Waals surface area contributed by atoms with Gasteiger partial charge in [-0.05, 0) is 54.5 Å². The van der Waals surface area contributed by atoms with Crippen molar-refractivity contribution in [3.05, 3.63) is 58.6 Å². The van der Waals surface area contributed by atoms with Crippen molar-refractivity contribution in [3.63, 3.8) is 0 Å². The van der Waals surface area contributed by atoms with Crippen molar-refractivity contribution in [2.45, 2.75) is 44.9 Å². The highest BCUT2D eigenvalue weighted by Crippen LogP contribution is 2.40. The fourth-order valence-electron chi connectivity index (χ4n) is 3.37. The molecule has 0 heterocycles. The molecule has 0 aromatic heterocycles. The summed E-state index contributed by atoms with van der Waals surface area (Å²) in [5.74, 6) is 0.649. The smallest absolute Gasteiger partial charge is 0.0487 e. The van der Waals surface area contributed by atoms with Crippen LogP contribution in [0.25, 0.3) is 11.1 Å². The minimum Gasteiger partial charge on any atom is -0.0837 e. The second-order valence-corrected chi connectivity index (χ2v) is 6.17. The van der Waals surface area contributed by atoms with Gasteiger partial charge in [-0.25, -0.2) is 0 Å². The monoisotopic (exact) mass is 283 g/mol. The SMILES string of the molecule is Cc1cccc(Cl)c1-c1ccc[c]c1C1CCCCC1. The first kappa shape index (κ1) is 13.7. The highest BCUT2D eigenvalue weighted by atomic mass is 35.5. The summed E-state index contributed by atoms with van der Waals surface area (Å²) in [5.41, 5.74) is 5.08. The van der Waals surface area contributed by atoms with Crippen LogP contribution in [-0.4, -0.2) is 0 Å². The maximum absolute atomic E-state index is 6.46. The van der Waals surface area contributed by atoms with Gasteiger partial charge in [-0.15, -0.1) is 0 Å². The molecular formula is C19H20Cl. The Hall–Kier alpha value is -1.27. The first-order chi connectivity index (χ1) is 9.77. The van der Waals surface area contributed by atoms with E-state index in [2.05, 4.69) is 31.2 Å². The van der Waals surface area contributed by atoms with E-state index in [1.54, 1.807) is 0 Å². The topological polar surface area (TPSA) is 0 Å². The van der Waals surface area contributed by atoms with E-state index in [1.807, 2.05) is 18.2 Å². The summed E-state index contributed by atoms with van der Waals surface area (Å²) in [5, 5.41) is 0.849. The number of hydrogen-bond donors (Lipinski definition) is 0. The van der Waals surface area contributed by atoms with Gasteiger partial charge in [0.2, 0.25) is 0 Å². The zero-order valence-electron chi connectivity index (χ0n) is 12.0. The fraction of sp³-hybridized carbons (Fsp3) is 0.368. The second kappa shape index (κ2) is 6.01. The summed E-state index contributed by atoms with van der Waals surface area (Å²) in [4.78, 5) is 0. The summed E-state index contributed by atoms with van der Waals surface area (Å²) in [6, 6.07) is 16.0. The van der Waals surface area contributed by atoms with Crippen molar-refractivity contribution in [1.29, 1.82) is 0 Å². The van der Waals surface area contributed by atoms with Crippen LogP contribution < -0.4 is 0 Å². The predicted molar refractivity (Wildman–Crippen MR) is 86.3 cm³/mol. The Balaban J connectivity index is 2.10. The van der Waals surface area contributed by atoms with Gasteiger partial charge in [-0.1, -0.05) is 61.2 Å². The molecule has 103 valence electrons. The molecule has 1 aliphatic carbocycles. The maximum Gasteiger partial charge on any atom is 0.0487 e. The Morgan fingerprint density at radius 3 is 2.60 bits per heavy atom. The standard InChI is InChI=1S/C19H20Cl/c1-14-8-7-13-18(20)19(14)17-12-6-5-11-16(17)15-9-3-2-4-10-15/h5-8,12-13,15H,2-4,9-10H2,1H3. The molecule has 1 saturated carbocycles. The lowest BCUT2D eigenvalue weighted by atomic mass is 9.80. The lowest BCUT2D eigenvalue weighted by Gasteiger charge is -2.25. The number of aryl methyl sites for hydroxylation is 1. The fourth-order valence-corrected chi connectivity index (χ4v) is 3.69. The Kier molecular flexibility index (Phi) is 4.12. The molecule has 0 spiro atoms. The van der Waals surface area contributed by atoms with Crippen LogP contribution in [0.3, 0.4) is 0 Å². The maximum atomic E-state index is 6.46. The Bertz CT molecular complexity index is 574. The zero-order chi connectivity index (χ0) is 13.9. The zero-order valence-corrected chi connectivity index (χ0v) is 12.7. The largest absolute Gasteiger partial charge is 0.0837 e. The first-order valence-electron chi connectivity index (χ1n) is 7.53. The second-order valence-electron chi connectivity index (χ2n) is 5.76. The van der Waals surface area contributed by atoms with E-state index in [1.165, 1.54) is 54.4 Å². The van der Waals surface area contributed by atoms with Gasteiger partial charge in [0.1, 0.15) is 0 Å². The van der Waals surface area contributed by atoms with E-state index >= 15 is 0 Å². The first-order valence-corrected chi connectivity index (χ1v) is 7.91. The Morgan fingerprint density at radius 2 is 1.85 bits per heavy atom. The molecule has 0 unspecified atom stereocenters. The molecule has 3 rings (SSSR count). The van der Waals surface area contributed by atoms with Crippen LogP contribution in [0.5, 0.6) is 0 Å². The average molecular weight is 284 g/mol. The van der Waals surface area contributed by atoms with E-state index in [0.717, 1.165) is 5.02 Å². The quantitative estimate of drug-likeness (QED) is 0.619. The highest BCUT2D eigenvalue weighted by Gasteiger charge is 2.20. The third kappa shape index (κ3) is 2.62.